The lowest BCUT2D eigenvalue weighted by molar-refractivity contribution is -0.214. The Bertz CT molecular complexity index is 237. The summed E-state index contributed by atoms with van der Waals surface area (Å²) < 4.78 is 10.8. The second-order valence-electron chi connectivity index (χ2n) is 4.91. The number of hydrogen-bond acceptors (Lipinski definition) is 4. The van der Waals surface area contributed by atoms with E-state index in [0.29, 0.717) is 13.2 Å². The third-order valence-corrected chi connectivity index (χ3v) is 3.78. The largest absolute Gasteiger partial charge is 0.463 e. The summed E-state index contributed by atoms with van der Waals surface area (Å²) in [5.74, 6) is -0.252. The van der Waals surface area contributed by atoms with Crippen molar-refractivity contribution in [2.45, 2.75) is 38.2 Å². The van der Waals surface area contributed by atoms with Gasteiger partial charge in [-0.2, -0.15) is 0 Å². The summed E-state index contributed by atoms with van der Waals surface area (Å²) >= 11 is 0. The lowest BCUT2D eigenvalue weighted by Gasteiger charge is -2.51. The average molecular weight is 214 g/mol. The summed E-state index contributed by atoms with van der Waals surface area (Å²) in [5.41, 5.74) is -0.277. The molecule has 15 heavy (non-hydrogen) atoms. The molecule has 1 saturated carbocycles. The van der Waals surface area contributed by atoms with Crippen LogP contribution >= 0.6 is 0 Å². The maximum absolute atomic E-state index is 10.8. The molecule has 0 aromatic rings. The standard InChI is InChI=1S/C11H18O4/c1-9(13)14-8-11-4-2-10(6-12,3-5-11)7-15-11/h12H,2-8H2,1H3. The van der Waals surface area contributed by atoms with E-state index in [-0.39, 0.29) is 23.6 Å². The Hall–Kier alpha value is -0.610. The first-order valence-electron chi connectivity index (χ1n) is 5.48. The van der Waals surface area contributed by atoms with Gasteiger partial charge in [0.2, 0.25) is 0 Å². The zero-order valence-electron chi connectivity index (χ0n) is 9.12. The fourth-order valence-corrected chi connectivity index (χ4v) is 2.45. The van der Waals surface area contributed by atoms with Crippen LogP contribution in [0.2, 0.25) is 0 Å². The van der Waals surface area contributed by atoms with Crippen LogP contribution < -0.4 is 0 Å². The number of aliphatic hydroxyl groups is 1. The predicted octanol–water partition coefficient (Wildman–Crippen LogP) is 0.871. The summed E-state index contributed by atoms with van der Waals surface area (Å²) in [6.45, 7) is 2.59. The van der Waals surface area contributed by atoms with Gasteiger partial charge in [-0.1, -0.05) is 0 Å². The summed E-state index contributed by atoms with van der Waals surface area (Å²) in [6.07, 6.45) is 3.73. The summed E-state index contributed by atoms with van der Waals surface area (Å²) in [5, 5.41) is 9.30. The van der Waals surface area contributed by atoms with E-state index in [4.69, 9.17) is 9.47 Å². The number of carbonyl (C=O) groups excluding carboxylic acids is 1. The first kappa shape index (κ1) is 10.9. The van der Waals surface area contributed by atoms with Gasteiger partial charge in [0.05, 0.1) is 13.2 Å². The molecule has 0 aromatic carbocycles. The van der Waals surface area contributed by atoms with E-state index in [1.807, 2.05) is 0 Å². The number of ether oxygens (including phenoxy) is 2. The Morgan fingerprint density at radius 2 is 2.07 bits per heavy atom. The molecule has 0 spiro atoms. The molecule has 2 aliphatic heterocycles. The highest BCUT2D eigenvalue weighted by Crippen LogP contribution is 2.48. The number of carbonyl (C=O) groups is 1. The monoisotopic (exact) mass is 214 g/mol. The summed E-state index contributed by atoms with van der Waals surface area (Å²) in [4.78, 5) is 10.8. The van der Waals surface area contributed by atoms with E-state index >= 15 is 0 Å². The van der Waals surface area contributed by atoms with E-state index in [2.05, 4.69) is 0 Å². The van der Waals surface area contributed by atoms with Crippen LogP contribution in [0, 0.1) is 5.41 Å². The van der Waals surface area contributed by atoms with Gasteiger partial charge in [0.25, 0.3) is 0 Å². The van der Waals surface area contributed by atoms with Crippen LogP contribution in [0.25, 0.3) is 0 Å². The topological polar surface area (TPSA) is 55.8 Å². The number of aliphatic hydroxyl groups excluding tert-OH is 1. The maximum Gasteiger partial charge on any atom is 0.302 e. The van der Waals surface area contributed by atoms with Gasteiger partial charge in [-0.25, -0.2) is 0 Å². The van der Waals surface area contributed by atoms with E-state index < -0.39 is 0 Å². The molecule has 2 bridgehead atoms. The van der Waals surface area contributed by atoms with E-state index in [1.165, 1.54) is 6.92 Å². The van der Waals surface area contributed by atoms with Crippen molar-refractivity contribution in [3.05, 3.63) is 0 Å². The van der Waals surface area contributed by atoms with Gasteiger partial charge in [-0.15, -0.1) is 0 Å². The van der Waals surface area contributed by atoms with Crippen LogP contribution in [0.15, 0.2) is 0 Å². The maximum atomic E-state index is 10.8. The molecule has 1 N–H and O–H groups in total. The van der Waals surface area contributed by atoms with Gasteiger partial charge in [-0.3, -0.25) is 4.79 Å². The van der Waals surface area contributed by atoms with Crippen LogP contribution in [-0.4, -0.2) is 36.5 Å². The van der Waals surface area contributed by atoms with Crippen molar-refractivity contribution in [1.82, 2.24) is 0 Å². The molecule has 4 nitrogen and oxygen atoms in total. The molecule has 4 heteroatoms. The quantitative estimate of drug-likeness (QED) is 0.708. The third-order valence-electron chi connectivity index (χ3n) is 3.78. The van der Waals surface area contributed by atoms with Gasteiger partial charge < -0.3 is 14.6 Å². The van der Waals surface area contributed by atoms with Crippen molar-refractivity contribution in [1.29, 1.82) is 0 Å². The fourth-order valence-electron chi connectivity index (χ4n) is 2.45. The van der Waals surface area contributed by atoms with Gasteiger partial charge in [-0.05, 0) is 25.7 Å². The van der Waals surface area contributed by atoms with Crippen LogP contribution in [-0.2, 0) is 14.3 Å². The van der Waals surface area contributed by atoms with Gasteiger partial charge in [0, 0.05) is 12.3 Å². The normalized spacial score (nSPS) is 39.1. The third kappa shape index (κ3) is 2.01. The van der Waals surface area contributed by atoms with Crippen LogP contribution in [0.4, 0.5) is 0 Å². The molecule has 0 aromatic heterocycles. The Morgan fingerprint density at radius 1 is 1.40 bits per heavy atom. The summed E-state index contributed by atoms with van der Waals surface area (Å²) in [7, 11) is 0. The second-order valence-corrected chi connectivity index (χ2v) is 4.91. The van der Waals surface area contributed by atoms with Crippen molar-refractivity contribution >= 4 is 5.97 Å². The van der Waals surface area contributed by atoms with Crippen LogP contribution in [0.3, 0.4) is 0 Å². The SMILES string of the molecule is CC(=O)OCC12CCC(CO)(CC1)CO2. The molecule has 2 heterocycles. The molecule has 0 amide bonds. The first-order valence-corrected chi connectivity index (χ1v) is 5.48. The zero-order valence-corrected chi connectivity index (χ0v) is 9.12. The molecule has 86 valence electrons. The molecule has 3 aliphatic rings. The summed E-state index contributed by atoms with van der Waals surface area (Å²) in [6, 6.07) is 0. The molecular formula is C11H18O4. The lowest BCUT2D eigenvalue weighted by atomic mass is 9.67. The van der Waals surface area contributed by atoms with Crippen LogP contribution in [0.5, 0.6) is 0 Å². The van der Waals surface area contributed by atoms with Crippen molar-refractivity contribution < 1.29 is 19.4 Å². The fraction of sp³-hybridized carbons (Fsp3) is 0.909. The molecule has 2 saturated heterocycles. The smallest absolute Gasteiger partial charge is 0.302 e. The zero-order chi connectivity index (χ0) is 10.9. The van der Waals surface area contributed by atoms with Gasteiger partial charge in [0.1, 0.15) is 12.2 Å². The molecular weight excluding hydrogens is 196 g/mol. The van der Waals surface area contributed by atoms with Gasteiger partial charge in [0.15, 0.2) is 0 Å². The molecule has 0 radical (unpaired) electrons. The van der Waals surface area contributed by atoms with Crippen molar-refractivity contribution in [3.63, 3.8) is 0 Å². The van der Waals surface area contributed by atoms with Gasteiger partial charge >= 0.3 is 5.97 Å². The minimum Gasteiger partial charge on any atom is -0.463 e. The Kier molecular flexibility index (Phi) is 2.73. The second kappa shape index (κ2) is 3.76. The lowest BCUT2D eigenvalue weighted by Crippen LogP contribution is -2.54. The molecule has 0 atom stereocenters. The molecule has 3 rings (SSSR count). The Balaban J connectivity index is 1.94. The number of esters is 1. The minimum atomic E-state index is -0.261. The predicted molar refractivity (Wildman–Crippen MR) is 53.3 cm³/mol. The molecule has 1 aliphatic carbocycles. The average Bonchev–Trinajstić information content (AvgIpc) is 2.29. The van der Waals surface area contributed by atoms with E-state index in [9.17, 15) is 9.90 Å². The highest BCUT2D eigenvalue weighted by atomic mass is 16.6. The van der Waals surface area contributed by atoms with Crippen molar-refractivity contribution in [3.8, 4) is 0 Å². The highest BCUT2D eigenvalue weighted by molar-refractivity contribution is 5.65. The molecule has 3 fully saturated rings. The molecule has 0 unspecified atom stereocenters. The highest BCUT2D eigenvalue weighted by Gasteiger charge is 2.50. The first-order chi connectivity index (χ1) is 7.10. The van der Waals surface area contributed by atoms with E-state index in [1.54, 1.807) is 0 Å². The van der Waals surface area contributed by atoms with Crippen molar-refractivity contribution in [2.75, 3.05) is 19.8 Å². The minimum absolute atomic E-state index is 0.0159. The van der Waals surface area contributed by atoms with Crippen LogP contribution in [0.1, 0.15) is 32.6 Å². The number of fused-ring (bicyclic) bond motifs is 3. The van der Waals surface area contributed by atoms with E-state index in [0.717, 1.165) is 25.7 Å². The number of hydrogen-bond donors (Lipinski definition) is 1. The van der Waals surface area contributed by atoms with Crippen molar-refractivity contribution in [2.24, 2.45) is 5.41 Å². The number of rotatable bonds is 3. The Labute approximate surface area is 89.6 Å². The Morgan fingerprint density at radius 3 is 2.47 bits per heavy atom.